The van der Waals surface area contributed by atoms with Crippen molar-refractivity contribution in [3.63, 3.8) is 0 Å². The lowest BCUT2D eigenvalue weighted by Crippen LogP contribution is -1.94. The van der Waals surface area contributed by atoms with Gasteiger partial charge in [-0.2, -0.15) is 0 Å². The Hall–Kier alpha value is -1.59. The molecule has 0 amide bonds. The van der Waals surface area contributed by atoms with E-state index < -0.39 is 4.92 Å². The minimum Gasteiger partial charge on any atom is -0.457 e. The van der Waals surface area contributed by atoms with Crippen molar-refractivity contribution >= 4 is 33.2 Å². The molecule has 0 aliphatic carbocycles. The van der Waals surface area contributed by atoms with Crippen LogP contribution in [0.15, 0.2) is 34.8 Å². The van der Waals surface area contributed by atoms with Crippen molar-refractivity contribution in [1.82, 2.24) is 0 Å². The van der Waals surface area contributed by atoms with Crippen molar-refractivity contribution < 1.29 is 9.66 Å². The largest absolute Gasteiger partial charge is 0.457 e. The molecule has 0 aromatic heterocycles. The Kier molecular flexibility index (Phi) is 4.30. The van der Waals surface area contributed by atoms with Crippen LogP contribution in [0.1, 0.15) is 11.1 Å². The molecule has 6 heteroatoms. The van der Waals surface area contributed by atoms with Crippen molar-refractivity contribution in [2.45, 2.75) is 13.8 Å². The lowest BCUT2D eigenvalue weighted by Gasteiger charge is -2.11. The van der Waals surface area contributed by atoms with Crippen LogP contribution in [-0.2, 0) is 0 Å². The number of hydrogen-bond donors (Lipinski definition) is 0. The second kappa shape index (κ2) is 5.81. The number of nitrogens with zero attached hydrogens (tertiary/aromatic N) is 1. The van der Waals surface area contributed by atoms with Gasteiger partial charge in [0.05, 0.1) is 4.92 Å². The number of benzene rings is 2. The van der Waals surface area contributed by atoms with Crippen LogP contribution in [-0.4, -0.2) is 4.92 Å². The molecule has 2 aromatic rings. The average Bonchev–Trinajstić information content (AvgIpc) is 2.36. The maximum Gasteiger partial charge on any atom is 0.288 e. The number of nitro benzene ring substituents is 1. The number of nitro groups is 1. The summed E-state index contributed by atoms with van der Waals surface area (Å²) in [6.45, 7) is 3.66. The van der Waals surface area contributed by atoms with Crippen LogP contribution in [0.5, 0.6) is 11.5 Å². The second-order valence-corrected chi connectivity index (χ2v) is 5.66. The summed E-state index contributed by atoms with van der Waals surface area (Å²) in [5.74, 6) is 1.19. The molecule has 0 aliphatic heterocycles. The quantitative estimate of drug-likeness (QED) is 0.545. The molecule has 2 rings (SSSR count). The minimum absolute atomic E-state index is 0.0605. The standard InChI is InChI=1S/C14H11BrClNO3/c1-8-5-10(15)3-4-13(8)20-14-7-11(16)12(17(18)19)6-9(14)2/h3-7H,1-2H3. The normalized spacial score (nSPS) is 10.4. The molecular weight excluding hydrogens is 346 g/mol. The minimum atomic E-state index is -0.510. The van der Waals surface area contributed by atoms with Crippen molar-refractivity contribution in [1.29, 1.82) is 0 Å². The van der Waals surface area contributed by atoms with Gasteiger partial charge < -0.3 is 4.74 Å². The molecule has 2 aromatic carbocycles. The maximum absolute atomic E-state index is 10.8. The van der Waals surface area contributed by atoms with Crippen molar-refractivity contribution in [3.8, 4) is 11.5 Å². The van der Waals surface area contributed by atoms with E-state index in [9.17, 15) is 10.1 Å². The first-order valence-corrected chi connectivity index (χ1v) is 6.94. The van der Waals surface area contributed by atoms with Gasteiger partial charge in [-0.05, 0) is 43.2 Å². The summed E-state index contributed by atoms with van der Waals surface area (Å²) < 4.78 is 6.74. The van der Waals surface area contributed by atoms with Gasteiger partial charge in [-0.25, -0.2) is 0 Å². The molecule has 104 valence electrons. The van der Waals surface area contributed by atoms with Gasteiger partial charge >= 0.3 is 0 Å². The molecule has 0 atom stereocenters. The Morgan fingerprint density at radius 3 is 2.40 bits per heavy atom. The van der Waals surface area contributed by atoms with E-state index in [1.165, 1.54) is 12.1 Å². The van der Waals surface area contributed by atoms with Crippen molar-refractivity contribution in [2.24, 2.45) is 0 Å². The third-order valence-electron chi connectivity index (χ3n) is 2.80. The average molecular weight is 357 g/mol. The first-order valence-electron chi connectivity index (χ1n) is 5.77. The molecule has 4 nitrogen and oxygen atoms in total. The Labute approximate surface area is 129 Å². The van der Waals surface area contributed by atoms with E-state index in [1.807, 2.05) is 25.1 Å². The lowest BCUT2D eigenvalue weighted by atomic mass is 10.2. The first kappa shape index (κ1) is 14.8. The highest BCUT2D eigenvalue weighted by Gasteiger charge is 2.16. The predicted octanol–water partition coefficient (Wildman–Crippen LogP) is 5.42. The second-order valence-electron chi connectivity index (χ2n) is 4.34. The number of rotatable bonds is 3. The van der Waals surface area contributed by atoms with Crippen LogP contribution < -0.4 is 4.74 Å². The molecule has 20 heavy (non-hydrogen) atoms. The maximum atomic E-state index is 10.8. The summed E-state index contributed by atoms with van der Waals surface area (Å²) in [6, 6.07) is 8.50. The SMILES string of the molecule is Cc1cc(Br)ccc1Oc1cc(Cl)c([N+](=O)[O-])cc1C. The van der Waals surface area contributed by atoms with E-state index in [4.69, 9.17) is 16.3 Å². The Morgan fingerprint density at radius 1 is 1.15 bits per heavy atom. The fourth-order valence-electron chi connectivity index (χ4n) is 1.74. The molecule has 0 fully saturated rings. The predicted molar refractivity (Wildman–Crippen MR) is 81.8 cm³/mol. The van der Waals surface area contributed by atoms with Gasteiger partial charge in [0.15, 0.2) is 0 Å². The van der Waals surface area contributed by atoms with E-state index >= 15 is 0 Å². The van der Waals surface area contributed by atoms with Gasteiger partial charge in [-0.3, -0.25) is 10.1 Å². The van der Waals surface area contributed by atoms with Gasteiger partial charge in [0, 0.05) is 16.6 Å². The smallest absolute Gasteiger partial charge is 0.288 e. The van der Waals surface area contributed by atoms with E-state index in [0.717, 1.165) is 10.0 Å². The number of halogens is 2. The fraction of sp³-hybridized carbons (Fsp3) is 0.143. The molecule has 0 saturated heterocycles. The zero-order chi connectivity index (χ0) is 14.9. The molecule has 0 aliphatic rings. The summed E-state index contributed by atoms with van der Waals surface area (Å²) in [7, 11) is 0. The highest BCUT2D eigenvalue weighted by Crippen LogP contribution is 2.35. The monoisotopic (exact) mass is 355 g/mol. The van der Waals surface area contributed by atoms with Crippen LogP contribution >= 0.6 is 27.5 Å². The van der Waals surface area contributed by atoms with Crippen LogP contribution in [0.2, 0.25) is 5.02 Å². The molecule has 0 spiro atoms. The summed E-state index contributed by atoms with van der Waals surface area (Å²) in [6.07, 6.45) is 0. The highest BCUT2D eigenvalue weighted by molar-refractivity contribution is 9.10. The van der Waals surface area contributed by atoms with Crippen LogP contribution in [0.3, 0.4) is 0 Å². The van der Waals surface area contributed by atoms with Gasteiger partial charge in [0.2, 0.25) is 0 Å². The molecule has 0 unspecified atom stereocenters. The van der Waals surface area contributed by atoms with Crippen molar-refractivity contribution in [3.05, 3.63) is 61.1 Å². The van der Waals surface area contributed by atoms with Crippen LogP contribution in [0, 0.1) is 24.0 Å². The van der Waals surface area contributed by atoms with E-state index in [1.54, 1.807) is 6.92 Å². The summed E-state index contributed by atoms with van der Waals surface area (Å²) in [5, 5.41) is 10.9. The Bertz CT molecular complexity index is 688. The van der Waals surface area contributed by atoms with Gasteiger partial charge in [-0.15, -0.1) is 0 Å². The van der Waals surface area contributed by atoms with E-state index in [-0.39, 0.29) is 10.7 Å². The van der Waals surface area contributed by atoms with Crippen molar-refractivity contribution in [2.75, 3.05) is 0 Å². The van der Waals surface area contributed by atoms with E-state index in [0.29, 0.717) is 17.1 Å². The van der Waals surface area contributed by atoms with Gasteiger partial charge in [0.25, 0.3) is 5.69 Å². The zero-order valence-corrected chi connectivity index (χ0v) is 13.2. The Morgan fingerprint density at radius 2 is 1.80 bits per heavy atom. The highest BCUT2D eigenvalue weighted by atomic mass is 79.9. The topological polar surface area (TPSA) is 52.4 Å². The van der Waals surface area contributed by atoms with Crippen LogP contribution in [0.25, 0.3) is 0 Å². The summed E-state index contributed by atoms with van der Waals surface area (Å²) in [5.41, 5.74) is 1.49. The fourth-order valence-corrected chi connectivity index (χ4v) is 2.44. The lowest BCUT2D eigenvalue weighted by molar-refractivity contribution is -0.384. The van der Waals surface area contributed by atoms with E-state index in [2.05, 4.69) is 15.9 Å². The molecule has 0 N–H and O–H groups in total. The first-order chi connectivity index (χ1) is 9.38. The molecule has 0 radical (unpaired) electrons. The van der Waals surface area contributed by atoms with Gasteiger partial charge in [-0.1, -0.05) is 27.5 Å². The Balaban J connectivity index is 2.39. The number of ether oxygens (including phenoxy) is 1. The van der Waals surface area contributed by atoms with Crippen LogP contribution in [0.4, 0.5) is 5.69 Å². The summed E-state index contributed by atoms with van der Waals surface area (Å²) >= 11 is 9.28. The van der Waals surface area contributed by atoms with Gasteiger partial charge in [0.1, 0.15) is 16.5 Å². The number of aryl methyl sites for hydroxylation is 2. The third-order valence-corrected chi connectivity index (χ3v) is 3.59. The number of hydrogen-bond acceptors (Lipinski definition) is 3. The zero-order valence-electron chi connectivity index (χ0n) is 10.8. The molecular formula is C14H11BrClNO3. The molecule has 0 heterocycles. The molecule has 0 saturated carbocycles. The third kappa shape index (κ3) is 3.11. The summed E-state index contributed by atoms with van der Waals surface area (Å²) in [4.78, 5) is 10.3. The molecule has 0 bridgehead atoms.